The first-order valence-corrected chi connectivity index (χ1v) is 6.04. The number of aromatic amines is 1. The van der Waals surface area contributed by atoms with Gasteiger partial charge in [-0.2, -0.15) is 0 Å². The fourth-order valence-electron chi connectivity index (χ4n) is 2.60. The van der Waals surface area contributed by atoms with Gasteiger partial charge in [0.05, 0.1) is 5.92 Å². The van der Waals surface area contributed by atoms with Gasteiger partial charge in [-0.15, -0.1) is 0 Å². The van der Waals surface area contributed by atoms with Gasteiger partial charge in [-0.3, -0.25) is 4.79 Å². The number of aromatic nitrogens is 1. The molecule has 0 bridgehead atoms. The third kappa shape index (κ3) is 1.71. The van der Waals surface area contributed by atoms with Gasteiger partial charge in [0.25, 0.3) is 0 Å². The number of nitrogens with one attached hydrogen (secondary N) is 1. The molecule has 0 fully saturated rings. The zero-order valence-corrected chi connectivity index (χ0v) is 9.92. The van der Waals surface area contributed by atoms with E-state index in [1.54, 1.807) is 0 Å². The van der Waals surface area contributed by atoms with Crippen LogP contribution in [0, 0.1) is 5.92 Å². The molecule has 1 aliphatic rings. The highest BCUT2D eigenvalue weighted by atomic mass is 35.5. The van der Waals surface area contributed by atoms with Gasteiger partial charge in [-0.05, 0) is 43.0 Å². The molecule has 0 unspecified atom stereocenters. The summed E-state index contributed by atoms with van der Waals surface area (Å²) in [6.07, 6.45) is 2.12. The van der Waals surface area contributed by atoms with Crippen LogP contribution in [0.25, 0.3) is 10.9 Å². The van der Waals surface area contributed by atoms with Crippen LogP contribution < -0.4 is 0 Å². The Morgan fingerprint density at radius 2 is 2.29 bits per heavy atom. The van der Waals surface area contributed by atoms with Crippen LogP contribution in [0.15, 0.2) is 18.2 Å². The molecule has 1 atom stereocenters. The molecule has 0 radical (unpaired) electrons. The van der Waals surface area contributed by atoms with Crippen molar-refractivity contribution in [2.24, 2.45) is 5.92 Å². The van der Waals surface area contributed by atoms with Crippen LogP contribution in [0.1, 0.15) is 17.7 Å². The van der Waals surface area contributed by atoms with Gasteiger partial charge in [0, 0.05) is 21.6 Å². The molecule has 3 rings (SSSR count). The SMILES string of the molecule is O=C(O)[C@H]1CCc2[nH]c3ccc(Cl)cc3c2C1. The van der Waals surface area contributed by atoms with Gasteiger partial charge in [-0.25, -0.2) is 0 Å². The van der Waals surface area contributed by atoms with E-state index in [1.807, 2.05) is 18.2 Å². The number of aliphatic carboxylic acids is 1. The number of carboxylic acids is 1. The maximum Gasteiger partial charge on any atom is 0.306 e. The van der Waals surface area contributed by atoms with E-state index in [1.165, 1.54) is 5.69 Å². The van der Waals surface area contributed by atoms with Crippen LogP contribution in [-0.2, 0) is 17.6 Å². The highest BCUT2D eigenvalue weighted by Gasteiger charge is 2.26. The Hall–Kier alpha value is -1.48. The van der Waals surface area contributed by atoms with Crippen molar-refractivity contribution in [3.63, 3.8) is 0 Å². The molecule has 1 aromatic carbocycles. The summed E-state index contributed by atoms with van der Waals surface area (Å²) in [7, 11) is 0. The molecule has 17 heavy (non-hydrogen) atoms. The van der Waals surface area contributed by atoms with Crippen LogP contribution in [0.3, 0.4) is 0 Å². The number of carboxylic acid groups (broad SMARTS) is 1. The molecule has 1 aromatic heterocycles. The minimum Gasteiger partial charge on any atom is -0.481 e. The van der Waals surface area contributed by atoms with Gasteiger partial charge in [0.2, 0.25) is 0 Å². The first-order chi connectivity index (χ1) is 8.15. The Kier molecular flexibility index (Phi) is 2.37. The van der Waals surface area contributed by atoms with Gasteiger partial charge >= 0.3 is 5.97 Å². The standard InChI is InChI=1S/C13H12ClNO2/c14-8-2-4-12-10(6-8)9-5-7(13(16)17)1-3-11(9)15-12/h2,4,6-7,15H,1,3,5H2,(H,16,17)/t7-/m0/s1. The van der Waals surface area contributed by atoms with E-state index in [-0.39, 0.29) is 5.92 Å². The number of hydrogen-bond donors (Lipinski definition) is 2. The molecule has 4 heteroatoms. The van der Waals surface area contributed by atoms with E-state index in [0.717, 1.165) is 22.9 Å². The topological polar surface area (TPSA) is 53.1 Å². The fourth-order valence-corrected chi connectivity index (χ4v) is 2.77. The van der Waals surface area contributed by atoms with Crippen molar-refractivity contribution in [1.82, 2.24) is 4.98 Å². The smallest absolute Gasteiger partial charge is 0.306 e. The molecule has 3 nitrogen and oxygen atoms in total. The Balaban J connectivity index is 2.13. The van der Waals surface area contributed by atoms with Crippen molar-refractivity contribution in [2.75, 3.05) is 0 Å². The monoisotopic (exact) mass is 249 g/mol. The summed E-state index contributed by atoms with van der Waals surface area (Å²) in [6, 6.07) is 5.71. The third-order valence-electron chi connectivity index (χ3n) is 3.50. The largest absolute Gasteiger partial charge is 0.481 e. The van der Waals surface area contributed by atoms with E-state index in [2.05, 4.69) is 4.98 Å². The number of H-pyrrole nitrogens is 1. The van der Waals surface area contributed by atoms with E-state index in [9.17, 15) is 4.79 Å². The summed E-state index contributed by atoms with van der Waals surface area (Å²) in [5, 5.41) is 10.9. The van der Waals surface area contributed by atoms with Crippen LogP contribution in [0.4, 0.5) is 0 Å². The molecule has 0 spiro atoms. The molecular formula is C13H12ClNO2. The van der Waals surface area contributed by atoms with Crippen molar-refractivity contribution in [3.05, 3.63) is 34.5 Å². The average Bonchev–Trinajstić information content (AvgIpc) is 2.66. The second-order valence-electron chi connectivity index (χ2n) is 4.55. The number of carbonyl (C=O) groups is 1. The van der Waals surface area contributed by atoms with E-state index in [4.69, 9.17) is 16.7 Å². The molecule has 88 valence electrons. The van der Waals surface area contributed by atoms with E-state index >= 15 is 0 Å². The first-order valence-electron chi connectivity index (χ1n) is 5.67. The Morgan fingerprint density at radius 3 is 3.06 bits per heavy atom. The number of fused-ring (bicyclic) bond motifs is 3. The van der Waals surface area contributed by atoms with Crippen LogP contribution in [0.2, 0.25) is 5.02 Å². The van der Waals surface area contributed by atoms with Crippen molar-refractivity contribution in [3.8, 4) is 0 Å². The van der Waals surface area contributed by atoms with Gasteiger partial charge < -0.3 is 10.1 Å². The molecule has 1 aliphatic carbocycles. The van der Waals surface area contributed by atoms with Crippen LogP contribution in [0.5, 0.6) is 0 Å². The number of aryl methyl sites for hydroxylation is 1. The normalized spacial score (nSPS) is 19.2. The molecule has 2 N–H and O–H groups in total. The van der Waals surface area contributed by atoms with Crippen molar-refractivity contribution in [2.45, 2.75) is 19.3 Å². The van der Waals surface area contributed by atoms with Gasteiger partial charge in [-0.1, -0.05) is 11.6 Å². The third-order valence-corrected chi connectivity index (χ3v) is 3.73. The minimum atomic E-state index is -0.702. The minimum absolute atomic E-state index is 0.263. The predicted molar refractivity (Wildman–Crippen MR) is 66.5 cm³/mol. The lowest BCUT2D eigenvalue weighted by Gasteiger charge is -2.18. The molecule has 0 saturated carbocycles. The number of hydrogen-bond acceptors (Lipinski definition) is 1. The van der Waals surface area contributed by atoms with Crippen molar-refractivity contribution in [1.29, 1.82) is 0 Å². The zero-order valence-electron chi connectivity index (χ0n) is 9.16. The summed E-state index contributed by atoms with van der Waals surface area (Å²) < 4.78 is 0. The Morgan fingerprint density at radius 1 is 1.47 bits per heavy atom. The lowest BCUT2D eigenvalue weighted by Crippen LogP contribution is -2.21. The molecule has 1 heterocycles. The van der Waals surface area contributed by atoms with Crippen molar-refractivity contribution >= 4 is 28.5 Å². The zero-order chi connectivity index (χ0) is 12.0. The summed E-state index contributed by atoms with van der Waals surface area (Å²) >= 11 is 5.99. The quantitative estimate of drug-likeness (QED) is 0.816. The number of halogens is 1. The predicted octanol–water partition coefficient (Wildman–Crippen LogP) is 3.01. The lowest BCUT2D eigenvalue weighted by molar-refractivity contribution is -0.142. The fraction of sp³-hybridized carbons (Fsp3) is 0.308. The molecule has 0 saturated heterocycles. The molecule has 0 amide bonds. The number of benzene rings is 1. The van der Waals surface area contributed by atoms with Gasteiger partial charge in [0.1, 0.15) is 0 Å². The summed E-state index contributed by atoms with van der Waals surface area (Å²) in [6.45, 7) is 0. The van der Waals surface area contributed by atoms with Crippen molar-refractivity contribution < 1.29 is 9.90 Å². The molecule has 2 aromatic rings. The second-order valence-corrected chi connectivity index (χ2v) is 4.99. The summed E-state index contributed by atoms with van der Waals surface area (Å²) in [4.78, 5) is 14.4. The summed E-state index contributed by atoms with van der Waals surface area (Å²) in [5.74, 6) is -0.965. The number of rotatable bonds is 1. The highest BCUT2D eigenvalue weighted by Crippen LogP contribution is 2.33. The molecule has 0 aliphatic heterocycles. The summed E-state index contributed by atoms with van der Waals surface area (Å²) in [5.41, 5.74) is 3.34. The Bertz CT molecular complexity index is 603. The van der Waals surface area contributed by atoms with Crippen LogP contribution in [-0.4, -0.2) is 16.1 Å². The molecular weight excluding hydrogens is 238 g/mol. The Labute approximate surface area is 103 Å². The first kappa shape index (κ1) is 10.7. The van der Waals surface area contributed by atoms with Crippen LogP contribution >= 0.6 is 11.6 Å². The van der Waals surface area contributed by atoms with E-state index < -0.39 is 5.97 Å². The second kappa shape index (κ2) is 3.77. The van der Waals surface area contributed by atoms with Gasteiger partial charge in [0.15, 0.2) is 0 Å². The highest BCUT2D eigenvalue weighted by molar-refractivity contribution is 6.31. The lowest BCUT2D eigenvalue weighted by atomic mass is 9.86. The van der Waals surface area contributed by atoms with E-state index in [0.29, 0.717) is 17.9 Å². The maximum absolute atomic E-state index is 11.1. The maximum atomic E-state index is 11.1. The average molecular weight is 250 g/mol.